The van der Waals surface area contributed by atoms with Gasteiger partial charge in [-0.25, -0.2) is 9.48 Å². The molecule has 3 heterocycles. The summed E-state index contributed by atoms with van der Waals surface area (Å²) in [4.78, 5) is 13.5. The van der Waals surface area contributed by atoms with Crippen molar-refractivity contribution in [3.05, 3.63) is 122 Å². The van der Waals surface area contributed by atoms with Crippen LogP contribution in [0.1, 0.15) is 28.3 Å². The Bertz CT molecular complexity index is 1900. The SMILES string of the molecule is Cc1ccc2oc(=O)c3c(c2c1)OC(N)=C(C#N)C3c1c(C)nn(-c2cccc(Cl)c2)c1Oc1ccccc1. The van der Waals surface area contributed by atoms with Gasteiger partial charge in [0.25, 0.3) is 0 Å². The van der Waals surface area contributed by atoms with E-state index in [2.05, 4.69) is 6.07 Å². The molecule has 0 radical (unpaired) electrons. The molecule has 1 unspecified atom stereocenters. The highest BCUT2D eigenvalue weighted by Crippen LogP contribution is 2.48. The van der Waals surface area contributed by atoms with E-state index in [1.165, 1.54) is 0 Å². The lowest BCUT2D eigenvalue weighted by Gasteiger charge is -2.26. The van der Waals surface area contributed by atoms with Crippen molar-refractivity contribution >= 4 is 22.6 Å². The molecule has 1 atom stereocenters. The normalized spacial score (nSPS) is 14.6. The van der Waals surface area contributed by atoms with Crippen LogP contribution in [-0.2, 0) is 0 Å². The summed E-state index contributed by atoms with van der Waals surface area (Å²) >= 11 is 6.30. The quantitative estimate of drug-likeness (QED) is 0.269. The Labute approximate surface area is 228 Å². The number of rotatable bonds is 4. The molecule has 5 aromatic rings. The van der Waals surface area contributed by atoms with E-state index in [-0.39, 0.29) is 22.8 Å². The zero-order chi connectivity index (χ0) is 27.3. The summed E-state index contributed by atoms with van der Waals surface area (Å²) in [5.74, 6) is -0.00325. The van der Waals surface area contributed by atoms with Crippen LogP contribution in [0.3, 0.4) is 0 Å². The number of hydrogen-bond donors (Lipinski definition) is 1. The molecule has 0 amide bonds. The van der Waals surface area contributed by atoms with Crippen LogP contribution >= 0.6 is 11.6 Å². The highest BCUT2D eigenvalue weighted by molar-refractivity contribution is 6.30. The van der Waals surface area contributed by atoms with Crippen LogP contribution in [0.25, 0.3) is 16.7 Å². The molecule has 9 heteroatoms. The summed E-state index contributed by atoms with van der Waals surface area (Å²) in [6, 6.07) is 23.8. The van der Waals surface area contributed by atoms with E-state index in [1.807, 2.05) is 43.3 Å². The number of ether oxygens (including phenoxy) is 2. The second-order valence-electron chi connectivity index (χ2n) is 9.17. The van der Waals surface area contributed by atoms with E-state index in [9.17, 15) is 10.1 Å². The summed E-state index contributed by atoms with van der Waals surface area (Å²) in [7, 11) is 0. The van der Waals surface area contributed by atoms with Gasteiger partial charge in [0.1, 0.15) is 23.0 Å². The second-order valence-corrected chi connectivity index (χ2v) is 9.60. The summed E-state index contributed by atoms with van der Waals surface area (Å²) < 4.78 is 19.6. The lowest BCUT2D eigenvalue weighted by atomic mass is 9.83. The molecule has 2 aromatic heterocycles. The van der Waals surface area contributed by atoms with Crippen LogP contribution in [0.15, 0.2) is 93.5 Å². The minimum atomic E-state index is -0.966. The molecule has 1 aliphatic heterocycles. The minimum absolute atomic E-state index is 0.0495. The van der Waals surface area contributed by atoms with Gasteiger partial charge in [-0.15, -0.1) is 0 Å². The maximum Gasteiger partial charge on any atom is 0.344 e. The molecule has 0 bridgehead atoms. The first-order valence-electron chi connectivity index (χ1n) is 12.1. The molecule has 0 aliphatic carbocycles. The van der Waals surface area contributed by atoms with Gasteiger partial charge < -0.3 is 19.6 Å². The molecular weight excluding hydrogens is 516 g/mol. The predicted molar refractivity (Wildman–Crippen MR) is 146 cm³/mol. The van der Waals surface area contributed by atoms with Gasteiger partial charge in [0, 0.05) is 5.02 Å². The maximum atomic E-state index is 13.5. The average molecular weight is 537 g/mol. The van der Waals surface area contributed by atoms with Crippen LogP contribution < -0.4 is 20.8 Å². The second kappa shape index (κ2) is 9.39. The maximum absolute atomic E-state index is 13.5. The van der Waals surface area contributed by atoms with E-state index in [4.69, 9.17) is 36.3 Å². The third kappa shape index (κ3) is 4.10. The third-order valence-electron chi connectivity index (χ3n) is 6.58. The van der Waals surface area contributed by atoms with E-state index < -0.39 is 11.5 Å². The summed E-state index contributed by atoms with van der Waals surface area (Å²) in [5.41, 5.74) is 8.77. The lowest BCUT2D eigenvalue weighted by Crippen LogP contribution is -2.26. The molecule has 0 fully saturated rings. The number of nitriles is 1. The van der Waals surface area contributed by atoms with Gasteiger partial charge in [-0.1, -0.05) is 47.5 Å². The van der Waals surface area contributed by atoms with Crippen molar-refractivity contribution in [1.29, 1.82) is 5.26 Å². The number of para-hydroxylation sites is 1. The molecule has 2 N–H and O–H groups in total. The standard InChI is InChI=1S/C30H21ClN4O4/c1-16-11-12-23-21(13-16)27-26(30(36)38-23)25(22(15-32)28(33)39-27)24-17(2)34-35(19-8-6-7-18(31)14-19)29(24)37-20-9-4-3-5-10-20/h3-14,25H,33H2,1-2H3. The number of hydrogen-bond acceptors (Lipinski definition) is 7. The number of nitrogens with two attached hydrogens (primary N) is 1. The minimum Gasteiger partial charge on any atom is -0.439 e. The Balaban J connectivity index is 1.68. The van der Waals surface area contributed by atoms with Gasteiger partial charge >= 0.3 is 5.63 Å². The molecule has 1 aliphatic rings. The number of nitrogens with zero attached hydrogens (tertiary/aromatic N) is 3. The molecular formula is C30H21ClN4O4. The van der Waals surface area contributed by atoms with Crippen molar-refractivity contribution < 1.29 is 13.9 Å². The van der Waals surface area contributed by atoms with Crippen molar-refractivity contribution in [2.45, 2.75) is 19.8 Å². The summed E-state index contributed by atoms with van der Waals surface area (Å²) in [6.07, 6.45) is 0. The topological polar surface area (TPSA) is 116 Å². The average Bonchev–Trinajstić information content (AvgIpc) is 3.24. The van der Waals surface area contributed by atoms with Crippen molar-refractivity contribution in [2.24, 2.45) is 5.73 Å². The lowest BCUT2D eigenvalue weighted by molar-refractivity contribution is 0.385. The predicted octanol–water partition coefficient (Wildman–Crippen LogP) is 6.26. The first kappa shape index (κ1) is 24.3. The summed E-state index contributed by atoms with van der Waals surface area (Å²) in [6.45, 7) is 3.70. The Hall–Kier alpha value is -5.00. The van der Waals surface area contributed by atoms with Crippen LogP contribution in [0.2, 0.25) is 5.02 Å². The molecule has 6 rings (SSSR count). The zero-order valence-electron chi connectivity index (χ0n) is 20.9. The number of aryl methyl sites for hydroxylation is 2. The molecule has 3 aromatic carbocycles. The first-order valence-corrected chi connectivity index (χ1v) is 12.5. The number of halogens is 1. The number of fused-ring (bicyclic) bond motifs is 3. The van der Waals surface area contributed by atoms with E-state index in [1.54, 1.807) is 48.0 Å². The fourth-order valence-electron chi connectivity index (χ4n) is 4.85. The Morgan fingerprint density at radius 1 is 1.05 bits per heavy atom. The van der Waals surface area contributed by atoms with Crippen LogP contribution in [0, 0.1) is 25.2 Å². The van der Waals surface area contributed by atoms with E-state index in [0.717, 1.165) is 5.56 Å². The largest absolute Gasteiger partial charge is 0.439 e. The third-order valence-corrected chi connectivity index (χ3v) is 6.82. The van der Waals surface area contributed by atoms with E-state index in [0.29, 0.717) is 44.6 Å². The number of allylic oxidation sites excluding steroid dienone is 1. The van der Waals surface area contributed by atoms with Crippen molar-refractivity contribution in [3.8, 4) is 29.1 Å². The molecule has 0 spiro atoms. The number of aromatic nitrogens is 2. The smallest absolute Gasteiger partial charge is 0.344 e. The van der Waals surface area contributed by atoms with Crippen LogP contribution in [-0.4, -0.2) is 9.78 Å². The van der Waals surface area contributed by atoms with Gasteiger partial charge in [0.15, 0.2) is 5.75 Å². The molecule has 192 valence electrons. The molecule has 8 nitrogen and oxygen atoms in total. The van der Waals surface area contributed by atoms with Gasteiger partial charge in [-0.2, -0.15) is 10.4 Å². The van der Waals surface area contributed by atoms with E-state index >= 15 is 0 Å². The molecule has 39 heavy (non-hydrogen) atoms. The Morgan fingerprint density at radius 2 is 1.85 bits per heavy atom. The van der Waals surface area contributed by atoms with Crippen molar-refractivity contribution in [1.82, 2.24) is 9.78 Å². The fraction of sp³-hybridized carbons (Fsp3) is 0.100. The van der Waals surface area contributed by atoms with Crippen molar-refractivity contribution in [2.75, 3.05) is 0 Å². The van der Waals surface area contributed by atoms with Crippen LogP contribution in [0.5, 0.6) is 17.4 Å². The summed E-state index contributed by atoms with van der Waals surface area (Å²) in [5, 5.41) is 16.0. The van der Waals surface area contributed by atoms with Crippen molar-refractivity contribution in [3.63, 3.8) is 0 Å². The highest BCUT2D eigenvalue weighted by atomic mass is 35.5. The van der Waals surface area contributed by atoms with Gasteiger partial charge in [0.2, 0.25) is 11.8 Å². The molecule has 0 saturated heterocycles. The molecule has 0 saturated carbocycles. The number of benzene rings is 3. The Kier molecular flexibility index (Phi) is 5.86. The highest BCUT2D eigenvalue weighted by Gasteiger charge is 2.40. The zero-order valence-corrected chi connectivity index (χ0v) is 21.7. The van der Waals surface area contributed by atoms with Gasteiger partial charge in [0.05, 0.1) is 33.8 Å². The Morgan fingerprint density at radius 3 is 2.59 bits per heavy atom. The van der Waals surface area contributed by atoms with Gasteiger partial charge in [-0.05, 0) is 56.3 Å². The first-order chi connectivity index (χ1) is 18.9. The monoisotopic (exact) mass is 536 g/mol. The fourth-order valence-corrected chi connectivity index (χ4v) is 5.04. The van der Waals surface area contributed by atoms with Gasteiger partial charge in [-0.3, -0.25) is 0 Å². The van der Waals surface area contributed by atoms with Crippen LogP contribution in [0.4, 0.5) is 0 Å².